The van der Waals surface area contributed by atoms with Gasteiger partial charge in [0.25, 0.3) is 0 Å². The normalized spacial score (nSPS) is 16.0. The molecule has 2 rings (SSSR count). The van der Waals surface area contributed by atoms with Crippen molar-refractivity contribution in [3.63, 3.8) is 0 Å². The number of hydrogen-bond donors (Lipinski definition) is 1. The van der Waals surface area contributed by atoms with Gasteiger partial charge in [0.2, 0.25) is 0 Å². The Labute approximate surface area is 110 Å². The fourth-order valence-corrected chi connectivity index (χ4v) is 3.14. The molecule has 18 heavy (non-hydrogen) atoms. The van der Waals surface area contributed by atoms with E-state index < -0.39 is 5.97 Å². The SMILES string of the molecule is O=C(O)CCC(=O)c1ccc(CN2CCCC2)s1. The molecule has 1 aliphatic heterocycles. The smallest absolute Gasteiger partial charge is 0.303 e. The molecule has 1 aromatic rings. The predicted octanol–water partition coefficient (Wildman–Crippen LogP) is 2.39. The van der Waals surface area contributed by atoms with Crippen molar-refractivity contribution in [1.29, 1.82) is 0 Å². The minimum atomic E-state index is -0.919. The zero-order chi connectivity index (χ0) is 13.0. The topological polar surface area (TPSA) is 57.6 Å². The van der Waals surface area contributed by atoms with Crippen molar-refractivity contribution in [2.24, 2.45) is 0 Å². The van der Waals surface area contributed by atoms with Crippen LogP contribution in [-0.4, -0.2) is 34.8 Å². The van der Waals surface area contributed by atoms with Gasteiger partial charge < -0.3 is 5.11 Å². The van der Waals surface area contributed by atoms with Gasteiger partial charge in [-0.1, -0.05) is 0 Å². The van der Waals surface area contributed by atoms with Crippen LogP contribution >= 0.6 is 11.3 Å². The van der Waals surface area contributed by atoms with Crippen LogP contribution in [0, 0.1) is 0 Å². The van der Waals surface area contributed by atoms with Gasteiger partial charge in [-0.05, 0) is 38.1 Å². The number of carboxylic acids is 1. The fourth-order valence-electron chi connectivity index (χ4n) is 2.12. The molecule has 4 nitrogen and oxygen atoms in total. The molecular weight excluding hydrogens is 250 g/mol. The molecule has 0 radical (unpaired) electrons. The van der Waals surface area contributed by atoms with Gasteiger partial charge in [-0.25, -0.2) is 0 Å². The van der Waals surface area contributed by atoms with Crippen LogP contribution < -0.4 is 0 Å². The summed E-state index contributed by atoms with van der Waals surface area (Å²) in [5.74, 6) is -0.979. The molecule has 1 N–H and O–H groups in total. The number of Topliss-reactive ketones (excluding diaryl/α,β-unsaturated/α-hetero) is 1. The highest BCUT2D eigenvalue weighted by atomic mass is 32.1. The van der Waals surface area contributed by atoms with Crippen LogP contribution in [0.3, 0.4) is 0 Å². The van der Waals surface area contributed by atoms with Crippen molar-refractivity contribution in [2.45, 2.75) is 32.2 Å². The van der Waals surface area contributed by atoms with E-state index in [1.807, 2.05) is 12.1 Å². The van der Waals surface area contributed by atoms with Gasteiger partial charge in [0.05, 0.1) is 11.3 Å². The van der Waals surface area contributed by atoms with Crippen LogP contribution in [0.5, 0.6) is 0 Å². The third-order valence-corrected chi connectivity index (χ3v) is 4.19. The van der Waals surface area contributed by atoms with Gasteiger partial charge in [-0.2, -0.15) is 0 Å². The molecule has 0 saturated carbocycles. The number of nitrogens with zero attached hydrogens (tertiary/aromatic N) is 1. The highest BCUT2D eigenvalue weighted by Gasteiger charge is 2.15. The molecular formula is C13H17NO3S. The van der Waals surface area contributed by atoms with Crippen molar-refractivity contribution < 1.29 is 14.7 Å². The summed E-state index contributed by atoms with van der Waals surface area (Å²) in [6.45, 7) is 3.19. The van der Waals surface area contributed by atoms with Crippen LogP contribution in [0.15, 0.2) is 12.1 Å². The average Bonchev–Trinajstić information content (AvgIpc) is 2.98. The zero-order valence-corrected chi connectivity index (χ0v) is 11.0. The molecule has 5 heteroatoms. The van der Waals surface area contributed by atoms with Crippen LogP contribution in [0.1, 0.15) is 40.2 Å². The van der Waals surface area contributed by atoms with E-state index in [0.29, 0.717) is 4.88 Å². The second-order valence-electron chi connectivity index (χ2n) is 4.57. The summed E-state index contributed by atoms with van der Waals surface area (Å²) in [5.41, 5.74) is 0. The maximum absolute atomic E-state index is 11.7. The largest absolute Gasteiger partial charge is 0.481 e. The Balaban J connectivity index is 1.88. The molecule has 1 saturated heterocycles. The van der Waals surface area contributed by atoms with E-state index in [-0.39, 0.29) is 18.6 Å². The van der Waals surface area contributed by atoms with Gasteiger partial charge in [-0.15, -0.1) is 11.3 Å². The third-order valence-electron chi connectivity index (χ3n) is 3.08. The number of carbonyl (C=O) groups is 2. The minimum Gasteiger partial charge on any atom is -0.481 e. The Hall–Kier alpha value is -1.20. The summed E-state index contributed by atoms with van der Waals surface area (Å²) in [6.07, 6.45) is 2.53. The third kappa shape index (κ3) is 3.65. The monoisotopic (exact) mass is 267 g/mol. The summed E-state index contributed by atoms with van der Waals surface area (Å²) in [7, 11) is 0. The van der Waals surface area contributed by atoms with E-state index in [4.69, 9.17) is 5.11 Å². The standard InChI is InChI=1S/C13H17NO3S/c15-11(4-6-13(16)17)12-5-3-10(18-12)9-14-7-1-2-8-14/h3,5H,1-2,4,6-9H2,(H,16,17). The number of carboxylic acid groups (broad SMARTS) is 1. The lowest BCUT2D eigenvalue weighted by Crippen LogP contribution is -2.17. The van der Waals surface area contributed by atoms with E-state index in [0.717, 1.165) is 19.6 Å². The predicted molar refractivity (Wildman–Crippen MR) is 70.0 cm³/mol. The summed E-state index contributed by atoms with van der Waals surface area (Å²) in [6, 6.07) is 3.80. The Morgan fingerprint density at radius 1 is 1.22 bits per heavy atom. The first-order chi connectivity index (χ1) is 8.65. The van der Waals surface area contributed by atoms with E-state index in [2.05, 4.69) is 4.90 Å². The Morgan fingerprint density at radius 2 is 1.94 bits per heavy atom. The van der Waals surface area contributed by atoms with Crippen molar-refractivity contribution in [1.82, 2.24) is 4.90 Å². The number of thiophene rings is 1. The first-order valence-corrected chi connectivity index (χ1v) is 7.03. The molecule has 98 valence electrons. The summed E-state index contributed by atoms with van der Waals surface area (Å²) in [5, 5.41) is 8.55. The molecule has 0 spiro atoms. The molecule has 1 aromatic heterocycles. The molecule has 0 unspecified atom stereocenters. The Kier molecular flexibility index (Phi) is 4.49. The molecule has 0 aliphatic carbocycles. The van der Waals surface area contributed by atoms with E-state index in [9.17, 15) is 9.59 Å². The van der Waals surface area contributed by atoms with Crippen molar-refractivity contribution in [3.05, 3.63) is 21.9 Å². The Bertz CT molecular complexity index is 435. The fraction of sp³-hybridized carbons (Fsp3) is 0.538. The second kappa shape index (κ2) is 6.11. The lowest BCUT2D eigenvalue weighted by molar-refractivity contribution is -0.136. The number of hydrogen-bond acceptors (Lipinski definition) is 4. The van der Waals surface area contributed by atoms with Gasteiger partial charge in [0.15, 0.2) is 5.78 Å². The maximum atomic E-state index is 11.7. The van der Waals surface area contributed by atoms with Gasteiger partial charge >= 0.3 is 5.97 Å². The number of rotatable bonds is 6. The zero-order valence-electron chi connectivity index (χ0n) is 10.2. The molecule has 0 aromatic carbocycles. The molecule has 1 fully saturated rings. The van der Waals surface area contributed by atoms with Crippen molar-refractivity contribution in [3.8, 4) is 0 Å². The molecule has 0 bridgehead atoms. The lowest BCUT2D eigenvalue weighted by Gasteiger charge is -2.12. The average molecular weight is 267 g/mol. The summed E-state index contributed by atoms with van der Waals surface area (Å²) >= 11 is 1.50. The van der Waals surface area contributed by atoms with Gasteiger partial charge in [-0.3, -0.25) is 14.5 Å². The first kappa shape index (κ1) is 13.2. The van der Waals surface area contributed by atoms with Crippen LogP contribution in [0.4, 0.5) is 0 Å². The highest BCUT2D eigenvalue weighted by molar-refractivity contribution is 7.14. The molecule has 0 amide bonds. The van der Waals surface area contributed by atoms with Crippen molar-refractivity contribution >= 4 is 23.1 Å². The van der Waals surface area contributed by atoms with Crippen LogP contribution in [0.2, 0.25) is 0 Å². The van der Waals surface area contributed by atoms with E-state index in [1.54, 1.807) is 0 Å². The molecule has 1 aliphatic rings. The first-order valence-electron chi connectivity index (χ1n) is 6.21. The second-order valence-corrected chi connectivity index (χ2v) is 5.73. The van der Waals surface area contributed by atoms with Gasteiger partial charge in [0.1, 0.15) is 0 Å². The number of aliphatic carboxylic acids is 1. The van der Waals surface area contributed by atoms with Crippen molar-refractivity contribution in [2.75, 3.05) is 13.1 Å². The number of carbonyl (C=O) groups excluding carboxylic acids is 1. The van der Waals surface area contributed by atoms with Gasteiger partial charge in [0, 0.05) is 17.8 Å². The van der Waals surface area contributed by atoms with Crippen LogP contribution in [0.25, 0.3) is 0 Å². The number of likely N-dealkylation sites (tertiary alicyclic amines) is 1. The Morgan fingerprint density at radius 3 is 2.61 bits per heavy atom. The lowest BCUT2D eigenvalue weighted by atomic mass is 10.2. The molecule has 0 atom stereocenters. The van der Waals surface area contributed by atoms with Crippen LogP contribution in [-0.2, 0) is 11.3 Å². The maximum Gasteiger partial charge on any atom is 0.303 e. The van der Waals surface area contributed by atoms with E-state index >= 15 is 0 Å². The summed E-state index contributed by atoms with van der Waals surface area (Å²) in [4.78, 5) is 26.4. The number of ketones is 1. The molecule has 2 heterocycles. The minimum absolute atomic E-state index is 0.0601. The highest BCUT2D eigenvalue weighted by Crippen LogP contribution is 2.22. The summed E-state index contributed by atoms with van der Waals surface area (Å²) < 4.78 is 0. The quantitative estimate of drug-likeness (QED) is 0.804. The van der Waals surface area contributed by atoms with E-state index in [1.165, 1.54) is 29.1 Å².